The molecule has 0 aliphatic carbocycles. The van der Waals surface area contributed by atoms with Crippen molar-refractivity contribution in [1.29, 1.82) is 0 Å². The van der Waals surface area contributed by atoms with E-state index < -0.39 is 54.2 Å². The molecule has 1 aromatic heterocycles. The number of aliphatic hydroxyl groups excluding tert-OH is 1. The lowest BCUT2D eigenvalue weighted by atomic mass is 10.2. The molecule has 2 unspecified atom stereocenters. The van der Waals surface area contributed by atoms with Crippen LogP contribution in [0.2, 0.25) is 0 Å². The van der Waals surface area contributed by atoms with Crippen LogP contribution < -0.4 is 11.4 Å². The van der Waals surface area contributed by atoms with Gasteiger partial charge in [0.15, 0.2) is 6.23 Å². The number of aromatic nitrogens is 2. The van der Waals surface area contributed by atoms with Crippen LogP contribution in [0.5, 0.6) is 0 Å². The number of phosphoric acid groups is 3. The van der Waals surface area contributed by atoms with E-state index in [-0.39, 0.29) is 12.2 Å². The van der Waals surface area contributed by atoms with Crippen LogP contribution in [0, 0.1) is 0 Å². The number of hydrogen-bond acceptors (Lipinski definition) is 11. The highest BCUT2D eigenvalue weighted by Crippen LogP contribution is 2.66. The highest BCUT2D eigenvalue weighted by Gasteiger charge is 2.42. The molecule has 1 saturated heterocycles. The third-order valence-electron chi connectivity index (χ3n) is 3.13. The third-order valence-corrected chi connectivity index (χ3v) is 6.93. The number of hydrogen-bond donors (Lipinski definition) is 6. The summed E-state index contributed by atoms with van der Waals surface area (Å²) in [5.41, 5.74) is 4.53. The summed E-state index contributed by atoms with van der Waals surface area (Å²) < 4.78 is 51.2. The van der Waals surface area contributed by atoms with Gasteiger partial charge >= 0.3 is 29.2 Å². The normalized spacial score (nSPS) is 27.2. The van der Waals surface area contributed by atoms with Gasteiger partial charge in [0, 0.05) is 12.6 Å². The van der Waals surface area contributed by atoms with Gasteiger partial charge in [0.25, 0.3) is 0 Å². The van der Waals surface area contributed by atoms with Gasteiger partial charge in [-0.25, -0.2) is 18.5 Å². The Hall–Kier alpha value is -0.990. The van der Waals surface area contributed by atoms with Crippen LogP contribution in [-0.2, 0) is 31.6 Å². The first-order valence-electron chi connectivity index (χ1n) is 7.14. The molecule has 0 aromatic carbocycles. The molecule has 0 bridgehead atoms. The van der Waals surface area contributed by atoms with E-state index in [1.54, 1.807) is 0 Å². The van der Waals surface area contributed by atoms with Crippen molar-refractivity contribution in [3.63, 3.8) is 0 Å². The topological polar surface area (TPSA) is 250 Å². The minimum Gasteiger partial charge on any atom is -0.388 e. The highest BCUT2D eigenvalue weighted by molar-refractivity contribution is 7.66. The Morgan fingerprint density at radius 1 is 1.21 bits per heavy atom. The van der Waals surface area contributed by atoms with Crippen molar-refractivity contribution in [3.05, 3.63) is 22.7 Å². The van der Waals surface area contributed by atoms with Gasteiger partial charge < -0.3 is 35.2 Å². The SMILES string of the molecule is Nc1ccn([C@H]2O[C@@H](COP(=O)(O)OP(=O)(O)OP(=O)(O)O)C[C@@H]2O)c(=O)n1. The summed E-state index contributed by atoms with van der Waals surface area (Å²) in [7, 11) is -16.5. The molecule has 28 heavy (non-hydrogen) atoms. The fraction of sp³-hybridized carbons (Fsp3) is 0.556. The van der Waals surface area contributed by atoms with Gasteiger partial charge in [-0.1, -0.05) is 0 Å². The second-order valence-electron chi connectivity index (χ2n) is 5.38. The predicted octanol–water partition coefficient (Wildman–Crippen LogP) is -1.18. The maximum absolute atomic E-state index is 11.8. The second-order valence-corrected chi connectivity index (χ2v) is 9.80. The lowest BCUT2D eigenvalue weighted by Gasteiger charge is -2.19. The van der Waals surface area contributed by atoms with Crippen LogP contribution in [0.3, 0.4) is 0 Å². The monoisotopic (exact) mass is 467 g/mol. The molecule has 2 heterocycles. The molecule has 1 aliphatic heterocycles. The molecule has 0 amide bonds. The van der Waals surface area contributed by atoms with Gasteiger partial charge in [-0.15, -0.1) is 0 Å². The summed E-state index contributed by atoms with van der Waals surface area (Å²) in [5, 5.41) is 10.00. The van der Waals surface area contributed by atoms with Crippen LogP contribution in [-0.4, -0.2) is 53.0 Å². The minimum absolute atomic E-state index is 0.0575. The first-order valence-corrected chi connectivity index (χ1v) is 11.7. The number of aliphatic hydroxyl groups is 1. The molecule has 160 valence electrons. The molecule has 0 radical (unpaired) electrons. The number of rotatable bonds is 8. The Labute approximate surface area is 155 Å². The Morgan fingerprint density at radius 3 is 2.43 bits per heavy atom. The standard InChI is InChI=1S/C9H16N3O13P3/c10-7-1-2-12(9(14)11-7)8-6(13)3-5(23-8)4-22-27(18,19)25-28(20,21)24-26(15,16)17/h1-2,5-6,8,13H,3-4H2,(H,18,19)(H,20,21)(H2,10,11,14)(H2,15,16,17)/t5-,6+,8+/m1/s1. The number of nitrogen functional groups attached to an aromatic ring is 1. The molecule has 16 nitrogen and oxygen atoms in total. The molecule has 1 aliphatic rings. The largest absolute Gasteiger partial charge is 0.490 e. The lowest BCUT2D eigenvalue weighted by molar-refractivity contribution is -0.0523. The van der Waals surface area contributed by atoms with Crippen molar-refractivity contribution < 1.29 is 56.3 Å². The molecular formula is C9H16N3O13P3. The summed E-state index contributed by atoms with van der Waals surface area (Å²) in [4.78, 5) is 50.5. The van der Waals surface area contributed by atoms with Crippen LogP contribution >= 0.6 is 23.5 Å². The summed E-state index contributed by atoms with van der Waals surface area (Å²) in [6, 6.07) is 1.27. The molecule has 0 saturated carbocycles. The number of ether oxygens (including phenoxy) is 1. The maximum Gasteiger partial charge on any atom is 0.490 e. The number of anilines is 1. The quantitative estimate of drug-likeness (QED) is 0.246. The van der Waals surface area contributed by atoms with Crippen molar-refractivity contribution in [2.75, 3.05) is 12.3 Å². The van der Waals surface area contributed by atoms with E-state index in [0.717, 1.165) is 4.57 Å². The van der Waals surface area contributed by atoms with Crippen molar-refractivity contribution in [2.24, 2.45) is 0 Å². The van der Waals surface area contributed by atoms with Gasteiger partial charge in [0.1, 0.15) is 11.9 Å². The first kappa shape index (κ1) is 23.3. The van der Waals surface area contributed by atoms with Gasteiger partial charge in [0.05, 0.1) is 12.7 Å². The van der Waals surface area contributed by atoms with E-state index in [4.69, 9.17) is 25.2 Å². The summed E-state index contributed by atoms with van der Waals surface area (Å²) in [5.74, 6) is -0.0575. The van der Waals surface area contributed by atoms with Crippen molar-refractivity contribution >= 4 is 29.3 Å². The number of nitrogens with two attached hydrogens (primary N) is 1. The van der Waals surface area contributed by atoms with Crippen molar-refractivity contribution in [2.45, 2.75) is 24.9 Å². The van der Waals surface area contributed by atoms with Crippen LogP contribution in [0.25, 0.3) is 0 Å². The molecule has 1 fully saturated rings. The summed E-state index contributed by atoms with van der Waals surface area (Å²) in [6.07, 6.45) is -2.47. The Bertz CT molecular complexity index is 914. The Balaban J connectivity index is 1.97. The predicted molar refractivity (Wildman–Crippen MR) is 87.3 cm³/mol. The van der Waals surface area contributed by atoms with E-state index in [1.807, 2.05) is 0 Å². The van der Waals surface area contributed by atoms with Crippen molar-refractivity contribution in [1.82, 2.24) is 9.55 Å². The second kappa shape index (κ2) is 8.40. The lowest BCUT2D eigenvalue weighted by Crippen LogP contribution is -2.31. The molecule has 1 aromatic rings. The zero-order valence-corrected chi connectivity index (χ0v) is 16.3. The third kappa shape index (κ3) is 6.81. The van der Waals surface area contributed by atoms with Crippen LogP contribution in [0.15, 0.2) is 17.1 Å². The average Bonchev–Trinajstić information content (AvgIpc) is 2.82. The van der Waals surface area contributed by atoms with Gasteiger partial charge in [-0.2, -0.15) is 13.6 Å². The van der Waals surface area contributed by atoms with E-state index in [0.29, 0.717) is 0 Å². The van der Waals surface area contributed by atoms with E-state index >= 15 is 0 Å². The smallest absolute Gasteiger partial charge is 0.388 e. The molecule has 0 spiro atoms. The first-order chi connectivity index (χ1) is 12.7. The van der Waals surface area contributed by atoms with E-state index in [2.05, 4.69) is 18.1 Å². The van der Waals surface area contributed by atoms with Gasteiger partial charge in [0.2, 0.25) is 0 Å². The molecule has 2 rings (SSSR count). The summed E-state index contributed by atoms with van der Waals surface area (Å²) >= 11 is 0. The molecule has 5 atom stereocenters. The Kier molecular flexibility index (Phi) is 6.99. The number of nitrogens with zero attached hydrogens (tertiary/aromatic N) is 2. The summed E-state index contributed by atoms with van der Waals surface area (Å²) in [6.45, 7) is -0.756. The fourth-order valence-corrected chi connectivity index (χ4v) is 5.24. The Morgan fingerprint density at radius 2 is 1.86 bits per heavy atom. The highest BCUT2D eigenvalue weighted by atomic mass is 31.3. The molecular weight excluding hydrogens is 451 g/mol. The van der Waals surface area contributed by atoms with E-state index in [9.17, 15) is 28.5 Å². The minimum atomic E-state index is -5.64. The molecule has 19 heteroatoms. The zero-order chi connectivity index (χ0) is 21.3. The molecule has 7 N–H and O–H groups in total. The van der Waals surface area contributed by atoms with Crippen LogP contribution in [0.4, 0.5) is 5.82 Å². The van der Waals surface area contributed by atoms with Crippen molar-refractivity contribution in [3.8, 4) is 0 Å². The maximum atomic E-state index is 11.8. The fourth-order valence-electron chi connectivity index (χ4n) is 2.19. The van der Waals surface area contributed by atoms with Gasteiger partial charge in [-0.3, -0.25) is 9.09 Å². The van der Waals surface area contributed by atoms with Gasteiger partial charge in [-0.05, 0) is 6.07 Å². The zero-order valence-electron chi connectivity index (χ0n) is 13.6. The average molecular weight is 467 g/mol. The number of phosphoric ester groups is 1. The van der Waals surface area contributed by atoms with Crippen LogP contribution in [0.1, 0.15) is 12.6 Å². The van der Waals surface area contributed by atoms with E-state index in [1.165, 1.54) is 12.3 Å².